The number of benzene rings is 1. The van der Waals surface area contributed by atoms with Crippen molar-refractivity contribution in [3.05, 3.63) is 51.2 Å². The van der Waals surface area contributed by atoms with Crippen molar-refractivity contribution >= 4 is 34.6 Å². The molecule has 0 radical (unpaired) electrons. The molecule has 0 aliphatic rings. The van der Waals surface area contributed by atoms with Crippen LogP contribution in [-0.2, 0) is 4.74 Å². The van der Waals surface area contributed by atoms with Gasteiger partial charge < -0.3 is 10.1 Å². The molecule has 0 aliphatic heterocycles. The maximum atomic E-state index is 11.8. The molecule has 0 fully saturated rings. The lowest BCUT2D eigenvalue weighted by molar-refractivity contribution is 0.0602. The van der Waals surface area contributed by atoms with Crippen LogP contribution in [0.25, 0.3) is 0 Å². The molecule has 0 amide bonds. The zero-order chi connectivity index (χ0) is 14.5. The fraction of sp³-hybridized carbons (Fsp3) is 0.267. The average molecular weight is 310 g/mol. The van der Waals surface area contributed by atoms with Crippen LogP contribution in [0.2, 0.25) is 5.02 Å². The molecule has 1 N–H and O–H groups in total. The van der Waals surface area contributed by atoms with Crippen LogP contribution in [0.4, 0.5) is 5.69 Å². The summed E-state index contributed by atoms with van der Waals surface area (Å²) >= 11 is 7.71. The molecule has 5 heteroatoms. The standard InChI is InChI=1S/C15H16ClNO2S/c1-3-12(14-5-4-8-20-14)17-13-9-10(16)6-7-11(13)15(18)19-2/h4-9,12,17H,3H2,1-2H3. The first-order chi connectivity index (χ1) is 9.65. The normalized spacial score (nSPS) is 11.9. The van der Waals surface area contributed by atoms with E-state index in [0.29, 0.717) is 16.3 Å². The van der Waals surface area contributed by atoms with Gasteiger partial charge in [0.15, 0.2) is 0 Å². The van der Waals surface area contributed by atoms with Gasteiger partial charge >= 0.3 is 5.97 Å². The Balaban J connectivity index is 2.31. The summed E-state index contributed by atoms with van der Waals surface area (Å²) in [6.45, 7) is 2.10. The van der Waals surface area contributed by atoms with Crippen molar-refractivity contribution in [3.63, 3.8) is 0 Å². The molecule has 20 heavy (non-hydrogen) atoms. The Labute approximate surface area is 127 Å². The minimum absolute atomic E-state index is 0.150. The molecule has 0 aliphatic carbocycles. The van der Waals surface area contributed by atoms with Crippen LogP contribution < -0.4 is 5.32 Å². The van der Waals surface area contributed by atoms with Gasteiger partial charge in [0.1, 0.15) is 0 Å². The Hall–Kier alpha value is -1.52. The zero-order valence-electron chi connectivity index (χ0n) is 11.4. The third-order valence-corrected chi connectivity index (χ3v) is 4.23. The molecule has 0 saturated carbocycles. The summed E-state index contributed by atoms with van der Waals surface area (Å²) in [5, 5.41) is 6.01. The molecule has 1 aromatic heterocycles. The highest BCUT2D eigenvalue weighted by Crippen LogP contribution is 2.29. The molecular weight excluding hydrogens is 294 g/mol. The predicted octanol–water partition coefficient (Wildman–Crippen LogP) is 4.75. The Morgan fingerprint density at radius 3 is 2.85 bits per heavy atom. The van der Waals surface area contributed by atoms with Crippen LogP contribution in [-0.4, -0.2) is 13.1 Å². The van der Waals surface area contributed by atoms with Crippen molar-refractivity contribution < 1.29 is 9.53 Å². The van der Waals surface area contributed by atoms with Crippen molar-refractivity contribution in [2.45, 2.75) is 19.4 Å². The van der Waals surface area contributed by atoms with Gasteiger partial charge in [0.05, 0.1) is 24.4 Å². The van der Waals surface area contributed by atoms with E-state index in [4.69, 9.17) is 16.3 Å². The average Bonchev–Trinajstić information content (AvgIpc) is 2.98. The highest BCUT2D eigenvalue weighted by Gasteiger charge is 2.16. The van der Waals surface area contributed by atoms with Crippen molar-refractivity contribution in [1.29, 1.82) is 0 Å². The van der Waals surface area contributed by atoms with E-state index < -0.39 is 0 Å². The van der Waals surface area contributed by atoms with Crippen LogP contribution >= 0.6 is 22.9 Å². The number of esters is 1. The molecule has 1 unspecified atom stereocenters. The smallest absolute Gasteiger partial charge is 0.339 e. The monoisotopic (exact) mass is 309 g/mol. The van der Waals surface area contributed by atoms with Crippen molar-refractivity contribution in [2.75, 3.05) is 12.4 Å². The quantitative estimate of drug-likeness (QED) is 0.810. The molecule has 2 aromatic rings. The highest BCUT2D eigenvalue weighted by atomic mass is 35.5. The number of anilines is 1. The second-order valence-electron chi connectivity index (χ2n) is 4.30. The van der Waals surface area contributed by atoms with Crippen LogP contribution in [0.1, 0.15) is 34.6 Å². The van der Waals surface area contributed by atoms with E-state index >= 15 is 0 Å². The third-order valence-electron chi connectivity index (χ3n) is 3.01. The first kappa shape index (κ1) is 14.9. The Bertz CT molecular complexity index is 584. The Kier molecular flexibility index (Phi) is 5.04. The molecule has 106 valence electrons. The van der Waals surface area contributed by atoms with E-state index in [2.05, 4.69) is 18.3 Å². The van der Waals surface area contributed by atoms with Gasteiger partial charge in [-0.2, -0.15) is 0 Å². The van der Waals surface area contributed by atoms with Crippen molar-refractivity contribution in [1.82, 2.24) is 0 Å². The lowest BCUT2D eigenvalue weighted by Crippen LogP contribution is -2.12. The summed E-state index contributed by atoms with van der Waals surface area (Å²) < 4.78 is 4.80. The maximum Gasteiger partial charge on any atom is 0.339 e. The fourth-order valence-corrected chi connectivity index (χ4v) is 3.01. The summed E-state index contributed by atoms with van der Waals surface area (Å²) in [6, 6.07) is 9.36. The minimum atomic E-state index is -0.370. The summed E-state index contributed by atoms with van der Waals surface area (Å²) in [4.78, 5) is 13.0. The number of nitrogens with one attached hydrogen (secondary N) is 1. The molecule has 2 rings (SSSR count). The van der Waals surface area contributed by atoms with Gasteiger partial charge in [0.2, 0.25) is 0 Å². The minimum Gasteiger partial charge on any atom is -0.465 e. The second-order valence-corrected chi connectivity index (χ2v) is 5.72. The zero-order valence-corrected chi connectivity index (χ0v) is 12.9. The van der Waals surface area contributed by atoms with Crippen LogP contribution in [0.3, 0.4) is 0 Å². The van der Waals surface area contributed by atoms with Gasteiger partial charge in [0.25, 0.3) is 0 Å². The number of thiophene rings is 1. The van der Waals surface area contributed by atoms with Crippen molar-refractivity contribution in [3.8, 4) is 0 Å². The van der Waals surface area contributed by atoms with E-state index in [1.807, 2.05) is 11.4 Å². The predicted molar refractivity (Wildman–Crippen MR) is 83.8 cm³/mol. The van der Waals surface area contributed by atoms with Gasteiger partial charge in [-0.3, -0.25) is 0 Å². The SMILES string of the molecule is CCC(Nc1cc(Cl)ccc1C(=O)OC)c1cccs1. The van der Waals surface area contributed by atoms with E-state index in [0.717, 1.165) is 6.42 Å². The number of methoxy groups -OCH3 is 1. The number of halogens is 1. The number of carbonyl (C=O) groups excluding carboxylic acids is 1. The fourth-order valence-electron chi connectivity index (χ4n) is 1.98. The van der Waals surface area contributed by atoms with E-state index in [1.165, 1.54) is 12.0 Å². The summed E-state index contributed by atoms with van der Waals surface area (Å²) in [5.74, 6) is -0.370. The lowest BCUT2D eigenvalue weighted by atomic mass is 10.1. The number of hydrogen-bond donors (Lipinski definition) is 1. The first-order valence-electron chi connectivity index (χ1n) is 6.33. The highest BCUT2D eigenvalue weighted by molar-refractivity contribution is 7.10. The van der Waals surface area contributed by atoms with Gasteiger partial charge in [-0.05, 0) is 36.1 Å². The number of rotatable bonds is 5. The van der Waals surface area contributed by atoms with Gasteiger partial charge in [-0.15, -0.1) is 11.3 Å². The lowest BCUT2D eigenvalue weighted by Gasteiger charge is -2.19. The largest absolute Gasteiger partial charge is 0.465 e. The second kappa shape index (κ2) is 6.77. The molecule has 1 aromatic carbocycles. The molecule has 0 saturated heterocycles. The number of hydrogen-bond acceptors (Lipinski definition) is 4. The molecule has 0 bridgehead atoms. The third kappa shape index (κ3) is 3.32. The summed E-state index contributed by atoms with van der Waals surface area (Å²) in [7, 11) is 1.37. The number of ether oxygens (including phenoxy) is 1. The van der Waals surface area contributed by atoms with Crippen LogP contribution in [0.5, 0.6) is 0 Å². The van der Waals surface area contributed by atoms with Crippen LogP contribution in [0.15, 0.2) is 35.7 Å². The molecule has 1 atom stereocenters. The van der Waals surface area contributed by atoms with E-state index in [9.17, 15) is 4.79 Å². The van der Waals surface area contributed by atoms with Gasteiger partial charge in [0, 0.05) is 9.90 Å². The molecule has 0 spiro atoms. The maximum absolute atomic E-state index is 11.8. The molecule has 1 heterocycles. The number of carbonyl (C=O) groups is 1. The summed E-state index contributed by atoms with van der Waals surface area (Å²) in [6.07, 6.45) is 0.910. The van der Waals surface area contributed by atoms with Crippen LogP contribution in [0, 0.1) is 0 Å². The molecule has 3 nitrogen and oxygen atoms in total. The Morgan fingerprint density at radius 1 is 1.45 bits per heavy atom. The summed E-state index contributed by atoms with van der Waals surface area (Å²) in [5.41, 5.74) is 1.19. The van der Waals surface area contributed by atoms with Gasteiger partial charge in [-0.25, -0.2) is 4.79 Å². The van der Waals surface area contributed by atoms with Gasteiger partial charge in [-0.1, -0.05) is 24.6 Å². The molecular formula is C15H16ClNO2S. The van der Waals surface area contributed by atoms with E-state index in [1.54, 1.807) is 29.5 Å². The topological polar surface area (TPSA) is 38.3 Å². The Morgan fingerprint density at radius 2 is 2.25 bits per heavy atom. The van der Waals surface area contributed by atoms with E-state index in [-0.39, 0.29) is 12.0 Å². The van der Waals surface area contributed by atoms with Crippen molar-refractivity contribution in [2.24, 2.45) is 0 Å². The first-order valence-corrected chi connectivity index (χ1v) is 7.59.